The Labute approximate surface area is 179 Å². The molecule has 1 atom stereocenters. The number of nitrogens with zero attached hydrogens (tertiary/aromatic N) is 5. The highest BCUT2D eigenvalue weighted by molar-refractivity contribution is 6.07. The molecular formula is C22H25N7O2. The molecule has 1 saturated heterocycles. The Kier molecular flexibility index (Phi) is 4.82. The summed E-state index contributed by atoms with van der Waals surface area (Å²) in [5.41, 5.74) is 5.10. The van der Waals surface area contributed by atoms with Crippen molar-refractivity contribution in [3.8, 4) is 11.4 Å². The van der Waals surface area contributed by atoms with Crippen molar-refractivity contribution in [1.29, 1.82) is 0 Å². The van der Waals surface area contributed by atoms with Gasteiger partial charge in [0.2, 0.25) is 0 Å². The average Bonchev–Trinajstić information content (AvgIpc) is 3.52. The van der Waals surface area contributed by atoms with Crippen molar-refractivity contribution >= 4 is 33.8 Å². The highest BCUT2D eigenvalue weighted by atomic mass is 16.5. The molecule has 0 aromatic carbocycles. The van der Waals surface area contributed by atoms with Gasteiger partial charge in [-0.25, -0.2) is 15.0 Å². The molecule has 9 heteroatoms. The molecule has 5 heterocycles. The second-order valence-corrected chi connectivity index (χ2v) is 7.92. The molecule has 0 bridgehead atoms. The fourth-order valence-electron chi connectivity index (χ4n) is 4.17. The summed E-state index contributed by atoms with van der Waals surface area (Å²) < 4.78 is 7.51. The third-order valence-corrected chi connectivity index (χ3v) is 5.74. The molecule has 0 spiro atoms. The van der Waals surface area contributed by atoms with Gasteiger partial charge >= 0.3 is 0 Å². The number of fused-ring (bicyclic) bond motifs is 3. The Morgan fingerprint density at radius 2 is 2.26 bits per heavy atom. The topological polar surface area (TPSA) is 101 Å². The molecule has 160 valence electrons. The van der Waals surface area contributed by atoms with E-state index >= 15 is 0 Å². The first-order valence-corrected chi connectivity index (χ1v) is 10.4. The molecule has 1 amide bonds. The fourth-order valence-corrected chi connectivity index (χ4v) is 4.17. The second kappa shape index (κ2) is 7.66. The Balaban J connectivity index is 1.47. The van der Waals surface area contributed by atoms with Crippen LogP contribution in [-0.2, 0) is 23.1 Å². The largest absolute Gasteiger partial charge is 0.371 e. The first kappa shape index (κ1) is 19.5. The minimum absolute atomic E-state index is 0.0118. The van der Waals surface area contributed by atoms with Gasteiger partial charge in [0.1, 0.15) is 17.3 Å². The molecule has 4 aromatic rings. The van der Waals surface area contributed by atoms with Crippen LogP contribution in [-0.4, -0.2) is 62.1 Å². The average molecular weight is 419 g/mol. The first-order chi connectivity index (χ1) is 15.0. The summed E-state index contributed by atoms with van der Waals surface area (Å²) in [7, 11) is 5.61. The van der Waals surface area contributed by atoms with E-state index in [4.69, 9.17) is 9.72 Å². The maximum atomic E-state index is 12.6. The lowest BCUT2D eigenvalue weighted by molar-refractivity contribution is -0.140. The number of amides is 1. The van der Waals surface area contributed by atoms with Crippen LogP contribution in [0, 0.1) is 0 Å². The van der Waals surface area contributed by atoms with E-state index in [1.807, 2.05) is 36.9 Å². The minimum Gasteiger partial charge on any atom is -0.371 e. The van der Waals surface area contributed by atoms with Gasteiger partial charge < -0.3 is 24.5 Å². The summed E-state index contributed by atoms with van der Waals surface area (Å²) in [6.45, 7) is 1.09. The standard InChI is InChI=1S/C22H25N7O2/c1-23-21-18-19(29(3)12-24-18)14-10-16(26-20(14)27-21)15-7-4-6-13(25-15)11-28(2)22(30)17-8-5-9-31-17/h4,6-7,10,12,17H,5,8-9,11H2,1-3H3,(H2,23,26,27). The smallest absolute Gasteiger partial charge is 0.251 e. The molecule has 31 heavy (non-hydrogen) atoms. The molecule has 0 saturated carbocycles. The number of H-pyrrole nitrogens is 1. The molecule has 1 aliphatic heterocycles. The van der Waals surface area contributed by atoms with Crippen LogP contribution in [0.3, 0.4) is 0 Å². The second-order valence-electron chi connectivity index (χ2n) is 7.92. The summed E-state index contributed by atoms with van der Waals surface area (Å²) in [6, 6.07) is 7.90. The number of anilines is 1. The van der Waals surface area contributed by atoms with Crippen LogP contribution in [0.1, 0.15) is 18.5 Å². The number of rotatable bonds is 5. The predicted octanol–water partition coefficient (Wildman–Crippen LogP) is 2.69. The maximum absolute atomic E-state index is 12.6. The normalized spacial score (nSPS) is 16.3. The molecule has 5 rings (SSSR count). The van der Waals surface area contributed by atoms with E-state index < -0.39 is 0 Å². The number of carbonyl (C=O) groups excluding carboxylic acids is 1. The van der Waals surface area contributed by atoms with Crippen LogP contribution >= 0.6 is 0 Å². The van der Waals surface area contributed by atoms with Gasteiger partial charge in [-0.15, -0.1) is 0 Å². The number of pyridine rings is 2. The van der Waals surface area contributed by atoms with Crippen molar-refractivity contribution in [3.63, 3.8) is 0 Å². The number of likely N-dealkylation sites (N-methyl/N-ethyl adjacent to an activating group) is 1. The highest BCUT2D eigenvalue weighted by Gasteiger charge is 2.26. The lowest BCUT2D eigenvalue weighted by Gasteiger charge is -2.20. The van der Waals surface area contributed by atoms with E-state index in [1.54, 1.807) is 18.3 Å². The number of ether oxygens (including phenoxy) is 1. The van der Waals surface area contributed by atoms with Crippen LogP contribution in [0.4, 0.5) is 5.82 Å². The number of hydrogen-bond acceptors (Lipinski definition) is 6. The third-order valence-electron chi connectivity index (χ3n) is 5.74. The molecule has 0 aliphatic carbocycles. The first-order valence-electron chi connectivity index (χ1n) is 10.4. The zero-order valence-corrected chi connectivity index (χ0v) is 17.8. The molecule has 1 fully saturated rings. The van der Waals surface area contributed by atoms with Gasteiger partial charge in [-0.1, -0.05) is 6.07 Å². The number of aromatic nitrogens is 5. The molecule has 0 radical (unpaired) electrons. The maximum Gasteiger partial charge on any atom is 0.251 e. The van der Waals surface area contributed by atoms with Gasteiger partial charge in [0, 0.05) is 33.1 Å². The van der Waals surface area contributed by atoms with Crippen LogP contribution < -0.4 is 5.32 Å². The molecule has 1 aliphatic rings. The third kappa shape index (κ3) is 3.40. The number of aryl methyl sites for hydroxylation is 1. The highest BCUT2D eigenvalue weighted by Crippen LogP contribution is 2.31. The number of hydrogen-bond donors (Lipinski definition) is 2. The fraction of sp³-hybridized carbons (Fsp3) is 0.364. The van der Waals surface area contributed by atoms with Crippen molar-refractivity contribution in [3.05, 3.63) is 36.3 Å². The van der Waals surface area contributed by atoms with E-state index in [0.717, 1.165) is 57.8 Å². The molecule has 4 aromatic heterocycles. The van der Waals surface area contributed by atoms with E-state index in [-0.39, 0.29) is 12.0 Å². The van der Waals surface area contributed by atoms with Crippen molar-refractivity contribution in [1.82, 2.24) is 29.4 Å². The monoisotopic (exact) mass is 419 g/mol. The number of imidazole rings is 1. The van der Waals surface area contributed by atoms with Crippen LogP contribution in [0.2, 0.25) is 0 Å². The van der Waals surface area contributed by atoms with Crippen molar-refractivity contribution < 1.29 is 9.53 Å². The zero-order chi connectivity index (χ0) is 21.5. The predicted molar refractivity (Wildman–Crippen MR) is 119 cm³/mol. The summed E-state index contributed by atoms with van der Waals surface area (Å²) >= 11 is 0. The zero-order valence-electron chi connectivity index (χ0n) is 17.8. The Morgan fingerprint density at radius 1 is 1.39 bits per heavy atom. The summed E-state index contributed by atoms with van der Waals surface area (Å²) in [4.78, 5) is 31.6. The number of carbonyl (C=O) groups is 1. The van der Waals surface area contributed by atoms with Gasteiger partial charge in [-0.2, -0.15) is 0 Å². The number of aromatic amines is 1. The van der Waals surface area contributed by atoms with Crippen molar-refractivity contribution in [2.24, 2.45) is 7.05 Å². The Hall–Kier alpha value is -3.46. The van der Waals surface area contributed by atoms with Gasteiger partial charge in [-0.3, -0.25) is 4.79 Å². The van der Waals surface area contributed by atoms with E-state index in [2.05, 4.69) is 26.3 Å². The van der Waals surface area contributed by atoms with Crippen molar-refractivity contribution in [2.75, 3.05) is 26.0 Å². The molecule has 9 nitrogen and oxygen atoms in total. The minimum atomic E-state index is -0.323. The summed E-state index contributed by atoms with van der Waals surface area (Å²) in [5, 5.41) is 4.11. The summed E-state index contributed by atoms with van der Waals surface area (Å²) in [6.07, 6.45) is 3.19. The van der Waals surface area contributed by atoms with Crippen LogP contribution in [0.15, 0.2) is 30.6 Å². The lowest BCUT2D eigenvalue weighted by atomic mass is 10.2. The molecular weight excluding hydrogens is 394 g/mol. The summed E-state index contributed by atoms with van der Waals surface area (Å²) in [5.74, 6) is 0.741. The van der Waals surface area contributed by atoms with Crippen molar-refractivity contribution in [2.45, 2.75) is 25.5 Å². The Bertz CT molecular complexity index is 1270. The molecule has 1 unspecified atom stereocenters. The SMILES string of the molecule is CNc1nc2[nH]c(-c3cccc(CN(C)C(=O)C4CCCO4)n3)cc2c2c1ncn2C. The Morgan fingerprint density at radius 3 is 3.03 bits per heavy atom. The van der Waals surface area contributed by atoms with E-state index in [1.165, 1.54) is 0 Å². The van der Waals surface area contributed by atoms with Crippen LogP contribution in [0.5, 0.6) is 0 Å². The quantitative estimate of drug-likeness (QED) is 0.516. The van der Waals surface area contributed by atoms with E-state index in [9.17, 15) is 4.79 Å². The van der Waals surface area contributed by atoms with Gasteiger partial charge in [0.25, 0.3) is 5.91 Å². The van der Waals surface area contributed by atoms with Gasteiger partial charge in [0.05, 0.1) is 35.5 Å². The number of nitrogens with one attached hydrogen (secondary N) is 2. The van der Waals surface area contributed by atoms with Crippen LogP contribution in [0.25, 0.3) is 33.5 Å². The van der Waals surface area contributed by atoms with Gasteiger partial charge in [0.15, 0.2) is 5.82 Å². The lowest BCUT2D eigenvalue weighted by Crippen LogP contribution is -2.35. The van der Waals surface area contributed by atoms with E-state index in [0.29, 0.717) is 13.2 Å². The molecule has 2 N–H and O–H groups in total. The van der Waals surface area contributed by atoms with Gasteiger partial charge in [-0.05, 0) is 31.0 Å².